The highest BCUT2D eigenvalue weighted by Crippen LogP contribution is 2.21. The van der Waals surface area contributed by atoms with Crippen molar-refractivity contribution in [1.82, 2.24) is 0 Å². The van der Waals surface area contributed by atoms with Crippen LogP contribution >= 0.6 is 0 Å². The van der Waals surface area contributed by atoms with Crippen molar-refractivity contribution >= 4 is 0 Å². The van der Waals surface area contributed by atoms with Gasteiger partial charge in [0.05, 0.1) is 13.2 Å². The van der Waals surface area contributed by atoms with Gasteiger partial charge < -0.3 is 24.8 Å². The molecule has 1 aliphatic rings. The minimum atomic E-state index is -1.00. The molecule has 0 spiro atoms. The van der Waals surface area contributed by atoms with Crippen molar-refractivity contribution in [2.45, 2.75) is 115 Å². The van der Waals surface area contributed by atoms with E-state index in [2.05, 4.69) is 19.1 Å². The summed E-state index contributed by atoms with van der Waals surface area (Å²) < 4.78 is 11.0. The number of ether oxygens (including phenoxy) is 2. The first kappa shape index (κ1) is 25.6. The molecule has 1 saturated heterocycles. The Kier molecular flexibility index (Phi) is 15.9. The molecule has 0 unspecified atom stereocenters. The van der Waals surface area contributed by atoms with Crippen LogP contribution in [0.3, 0.4) is 0 Å². The lowest BCUT2D eigenvalue weighted by Crippen LogP contribution is -2.42. The van der Waals surface area contributed by atoms with Crippen molar-refractivity contribution in [2.24, 2.45) is 0 Å². The highest BCUT2D eigenvalue weighted by atomic mass is 16.6. The second-order valence-electron chi connectivity index (χ2n) is 8.03. The third-order valence-electron chi connectivity index (χ3n) is 5.45. The average molecular weight is 401 g/mol. The zero-order valence-corrected chi connectivity index (χ0v) is 17.9. The summed E-state index contributed by atoms with van der Waals surface area (Å²) in [5.41, 5.74) is 0. The van der Waals surface area contributed by atoms with Crippen LogP contribution in [0.2, 0.25) is 0 Å². The first-order chi connectivity index (χ1) is 13.7. The van der Waals surface area contributed by atoms with Crippen molar-refractivity contribution in [2.75, 3.05) is 19.8 Å². The van der Waals surface area contributed by atoms with E-state index < -0.39 is 24.4 Å². The number of aliphatic hydroxyl groups excluding tert-OH is 3. The molecule has 0 saturated carbocycles. The summed E-state index contributed by atoms with van der Waals surface area (Å²) in [5, 5.41) is 28.6. The quantitative estimate of drug-likeness (QED) is 0.238. The van der Waals surface area contributed by atoms with Gasteiger partial charge in [-0.3, -0.25) is 0 Å². The Morgan fingerprint density at radius 2 is 1.50 bits per heavy atom. The van der Waals surface area contributed by atoms with Gasteiger partial charge in [-0.05, 0) is 32.1 Å². The Labute approximate surface area is 172 Å². The summed E-state index contributed by atoms with van der Waals surface area (Å²) in [6, 6.07) is 0. The lowest BCUT2D eigenvalue weighted by atomic mass is 10.1. The van der Waals surface area contributed by atoms with E-state index in [4.69, 9.17) is 14.6 Å². The lowest BCUT2D eigenvalue weighted by molar-refractivity contribution is -0.0938. The first-order valence-electron chi connectivity index (χ1n) is 11.6. The van der Waals surface area contributed by atoms with Gasteiger partial charge in [0, 0.05) is 6.61 Å². The monoisotopic (exact) mass is 400 g/mol. The maximum atomic E-state index is 9.88. The van der Waals surface area contributed by atoms with E-state index >= 15 is 0 Å². The molecule has 0 aliphatic carbocycles. The van der Waals surface area contributed by atoms with Crippen LogP contribution in [0.15, 0.2) is 12.2 Å². The fourth-order valence-corrected chi connectivity index (χ4v) is 3.65. The second kappa shape index (κ2) is 17.4. The number of allylic oxidation sites excluding steroid dienone is 2. The van der Waals surface area contributed by atoms with Gasteiger partial charge in [0.15, 0.2) is 0 Å². The van der Waals surface area contributed by atoms with Crippen LogP contribution in [0.5, 0.6) is 0 Å². The molecule has 0 amide bonds. The largest absolute Gasteiger partial charge is 0.394 e. The van der Waals surface area contributed by atoms with Crippen LogP contribution in [0.4, 0.5) is 0 Å². The summed E-state index contributed by atoms with van der Waals surface area (Å²) >= 11 is 0. The maximum absolute atomic E-state index is 9.88. The van der Waals surface area contributed by atoms with E-state index in [1.165, 1.54) is 64.2 Å². The third-order valence-corrected chi connectivity index (χ3v) is 5.45. The van der Waals surface area contributed by atoms with Crippen molar-refractivity contribution < 1.29 is 24.8 Å². The topological polar surface area (TPSA) is 79.2 Å². The first-order valence-corrected chi connectivity index (χ1v) is 11.6. The predicted molar refractivity (Wildman–Crippen MR) is 113 cm³/mol. The highest BCUT2D eigenvalue weighted by molar-refractivity contribution is 4.89. The number of unbranched alkanes of at least 4 members (excludes halogenated alkanes) is 11. The van der Waals surface area contributed by atoms with Crippen molar-refractivity contribution in [3.63, 3.8) is 0 Å². The van der Waals surface area contributed by atoms with E-state index in [9.17, 15) is 10.2 Å². The van der Waals surface area contributed by atoms with Crippen LogP contribution in [0.25, 0.3) is 0 Å². The minimum Gasteiger partial charge on any atom is -0.394 e. The van der Waals surface area contributed by atoms with E-state index in [0.717, 1.165) is 19.3 Å². The summed E-state index contributed by atoms with van der Waals surface area (Å²) in [7, 11) is 0. The molecule has 0 aromatic heterocycles. The Bertz CT molecular complexity index is 374. The van der Waals surface area contributed by atoms with Crippen LogP contribution in [-0.2, 0) is 9.47 Å². The number of rotatable bonds is 18. The number of hydrogen-bond acceptors (Lipinski definition) is 5. The number of hydrogen-bond donors (Lipinski definition) is 3. The molecule has 3 N–H and O–H groups in total. The molecule has 0 aromatic rings. The molecule has 1 aliphatic heterocycles. The van der Waals surface area contributed by atoms with E-state index in [0.29, 0.717) is 6.61 Å². The van der Waals surface area contributed by atoms with Crippen molar-refractivity contribution in [1.29, 1.82) is 0 Å². The van der Waals surface area contributed by atoms with E-state index in [-0.39, 0.29) is 13.2 Å². The van der Waals surface area contributed by atoms with Gasteiger partial charge in [-0.1, -0.05) is 70.4 Å². The van der Waals surface area contributed by atoms with Gasteiger partial charge in [-0.15, -0.1) is 0 Å². The molecule has 0 radical (unpaired) electrons. The molecule has 4 atom stereocenters. The summed E-state index contributed by atoms with van der Waals surface area (Å²) in [4.78, 5) is 0. The van der Waals surface area contributed by atoms with Gasteiger partial charge >= 0.3 is 0 Å². The van der Waals surface area contributed by atoms with Crippen LogP contribution < -0.4 is 0 Å². The molecule has 1 rings (SSSR count). The molecular formula is C23H44O5. The fourth-order valence-electron chi connectivity index (χ4n) is 3.65. The van der Waals surface area contributed by atoms with Gasteiger partial charge in [0.2, 0.25) is 0 Å². The van der Waals surface area contributed by atoms with E-state index in [1.54, 1.807) is 0 Å². The van der Waals surface area contributed by atoms with Crippen LogP contribution in [0.1, 0.15) is 90.4 Å². The molecule has 1 fully saturated rings. The molecule has 5 nitrogen and oxygen atoms in total. The normalized spacial score (nSPS) is 23.6. The van der Waals surface area contributed by atoms with Crippen LogP contribution in [0, 0.1) is 0 Å². The molecule has 1 heterocycles. The zero-order chi connectivity index (χ0) is 20.5. The van der Waals surface area contributed by atoms with Gasteiger partial charge in [0.1, 0.15) is 24.4 Å². The van der Waals surface area contributed by atoms with Crippen molar-refractivity contribution in [3.05, 3.63) is 12.2 Å². The Hall–Kier alpha value is -0.460. The molecule has 5 heteroatoms. The highest BCUT2D eigenvalue weighted by Gasteiger charge is 2.40. The zero-order valence-electron chi connectivity index (χ0n) is 17.9. The van der Waals surface area contributed by atoms with Crippen LogP contribution in [-0.4, -0.2) is 59.6 Å². The van der Waals surface area contributed by atoms with Gasteiger partial charge in [0.25, 0.3) is 0 Å². The molecule has 166 valence electrons. The third kappa shape index (κ3) is 11.5. The van der Waals surface area contributed by atoms with Gasteiger partial charge in [-0.25, -0.2) is 0 Å². The minimum absolute atomic E-state index is 0.150. The number of aliphatic hydroxyl groups is 3. The average Bonchev–Trinajstić information content (AvgIpc) is 3.07. The standard InChI is InChI=1S/C23H44O5/c1-2-3-4-5-6-7-8-9-10-11-12-13-14-15-16-17-27-23-21(26)19-28-22(23)20(25)18-24/h10-11,20-26H,2-9,12-19H2,1H3/b11-10+/t20-,21+,22-,23-/m1/s1. The summed E-state index contributed by atoms with van der Waals surface area (Å²) in [6.45, 7) is 2.58. The lowest BCUT2D eigenvalue weighted by Gasteiger charge is -2.23. The molecule has 0 aromatic carbocycles. The fraction of sp³-hybridized carbons (Fsp3) is 0.913. The van der Waals surface area contributed by atoms with Gasteiger partial charge in [-0.2, -0.15) is 0 Å². The SMILES string of the molecule is CCCCCCCCC/C=C/CCCCCCO[C@H]1[C@@H]([C@H](O)CO)OC[C@@H]1O. The smallest absolute Gasteiger partial charge is 0.114 e. The second-order valence-corrected chi connectivity index (χ2v) is 8.03. The Balaban J connectivity index is 1.90. The van der Waals surface area contributed by atoms with Crippen molar-refractivity contribution in [3.8, 4) is 0 Å². The molecule has 0 bridgehead atoms. The molecular weight excluding hydrogens is 356 g/mol. The Morgan fingerprint density at radius 3 is 2.11 bits per heavy atom. The Morgan fingerprint density at radius 1 is 0.929 bits per heavy atom. The predicted octanol–water partition coefficient (Wildman–Crippen LogP) is 4.13. The summed E-state index contributed by atoms with van der Waals surface area (Å²) in [6.07, 6.45) is 18.1. The maximum Gasteiger partial charge on any atom is 0.114 e. The summed E-state index contributed by atoms with van der Waals surface area (Å²) in [5.74, 6) is 0. The molecule has 28 heavy (non-hydrogen) atoms. The van der Waals surface area contributed by atoms with E-state index in [1.807, 2.05) is 0 Å².